The van der Waals surface area contributed by atoms with Gasteiger partial charge in [-0.1, -0.05) is 23.2 Å². The first-order valence-electron chi connectivity index (χ1n) is 7.40. The molecule has 1 heterocycles. The second-order valence-corrected chi connectivity index (χ2v) is 6.11. The van der Waals surface area contributed by atoms with E-state index in [0.717, 1.165) is 11.1 Å². The number of hydrogen-bond donors (Lipinski definition) is 0. The number of nitrogens with zero attached hydrogens (tertiary/aromatic N) is 3. The van der Waals surface area contributed by atoms with E-state index in [1.165, 1.54) is 13.0 Å². The third kappa shape index (κ3) is 4.56. The van der Waals surface area contributed by atoms with Gasteiger partial charge in [-0.3, -0.25) is 9.69 Å². The number of hydrazone groups is 1. The molecule has 0 radical (unpaired) electrons. The van der Waals surface area contributed by atoms with E-state index < -0.39 is 23.7 Å². The van der Waals surface area contributed by atoms with Crippen molar-refractivity contribution in [3.05, 3.63) is 28.5 Å². The molecule has 0 saturated carbocycles. The Balaban J connectivity index is 2.28. The lowest BCUT2D eigenvalue weighted by Crippen LogP contribution is -2.34. The second kappa shape index (κ2) is 8.25. The molecule has 0 aromatic heterocycles. The van der Waals surface area contributed by atoms with Crippen LogP contribution in [0.3, 0.4) is 0 Å². The van der Waals surface area contributed by atoms with Crippen LogP contribution in [0.2, 0.25) is 5.02 Å². The zero-order valence-corrected chi connectivity index (χ0v) is 15.0. The molecule has 1 atom stereocenters. The maximum absolute atomic E-state index is 14.2. The lowest BCUT2D eigenvalue weighted by atomic mass is 10.1. The first kappa shape index (κ1) is 19.8. The minimum atomic E-state index is -2.77. The standard InChI is InChI=1S/C15H16Cl2F3N3O2/c1-3-25-14(17)6-13(24)9-4-12(11(18)5-10(9)16)23-7-22(15(19)20)8(2)21-23/h4-5,14-15H,3,6-7H2,1-2H3. The van der Waals surface area contributed by atoms with Crippen molar-refractivity contribution in [3.63, 3.8) is 0 Å². The molecule has 0 spiro atoms. The number of carbonyl (C=O) groups excluding carboxylic acids is 1. The minimum absolute atomic E-state index is 0.0202. The summed E-state index contributed by atoms with van der Waals surface area (Å²) in [4.78, 5) is 13.0. The van der Waals surface area contributed by atoms with Crippen molar-refractivity contribution in [1.82, 2.24) is 4.90 Å². The third-order valence-corrected chi connectivity index (χ3v) is 4.10. The maximum Gasteiger partial charge on any atom is 0.317 e. The number of halogens is 5. The fourth-order valence-electron chi connectivity index (χ4n) is 2.29. The average molecular weight is 398 g/mol. The highest BCUT2D eigenvalue weighted by atomic mass is 35.5. The first-order chi connectivity index (χ1) is 11.7. The average Bonchev–Trinajstić information content (AvgIpc) is 2.89. The van der Waals surface area contributed by atoms with E-state index in [2.05, 4.69) is 5.10 Å². The lowest BCUT2D eigenvalue weighted by molar-refractivity contribution is 0.0267. The van der Waals surface area contributed by atoms with Crippen LogP contribution >= 0.6 is 23.2 Å². The van der Waals surface area contributed by atoms with Gasteiger partial charge < -0.3 is 4.74 Å². The predicted molar refractivity (Wildman–Crippen MR) is 89.9 cm³/mol. The SMILES string of the molecule is CCOC(Cl)CC(=O)c1cc(N2CN(C(F)F)C(C)=N2)c(F)cc1Cl. The lowest BCUT2D eigenvalue weighted by Gasteiger charge is -2.20. The highest BCUT2D eigenvalue weighted by Crippen LogP contribution is 2.31. The summed E-state index contributed by atoms with van der Waals surface area (Å²) in [5.41, 5.74) is -0.951. The van der Waals surface area contributed by atoms with Gasteiger partial charge in [0, 0.05) is 12.2 Å². The summed E-state index contributed by atoms with van der Waals surface area (Å²) in [5.74, 6) is -1.19. The molecule has 0 bridgehead atoms. The predicted octanol–water partition coefficient (Wildman–Crippen LogP) is 4.29. The summed E-state index contributed by atoms with van der Waals surface area (Å²) in [6, 6.07) is 2.13. The van der Waals surface area contributed by atoms with Crippen LogP contribution in [0.4, 0.5) is 18.9 Å². The molecule has 1 aromatic carbocycles. The molecule has 0 amide bonds. The van der Waals surface area contributed by atoms with Crippen molar-refractivity contribution in [1.29, 1.82) is 0 Å². The Kier molecular flexibility index (Phi) is 6.53. The Labute approximate surface area is 152 Å². The van der Waals surface area contributed by atoms with E-state index in [1.54, 1.807) is 6.92 Å². The molecular weight excluding hydrogens is 382 g/mol. The molecule has 0 aliphatic carbocycles. The topological polar surface area (TPSA) is 45.1 Å². The van der Waals surface area contributed by atoms with Gasteiger partial charge in [0.1, 0.15) is 23.9 Å². The summed E-state index contributed by atoms with van der Waals surface area (Å²) in [5, 5.41) is 4.84. The van der Waals surface area contributed by atoms with E-state index in [-0.39, 0.29) is 35.2 Å². The Morgan fingerprint density at radius 1 is 1.44 bits per heavy atom. The Morgan fingerprint density at radius 2 is 2.12 bits per heavy atom. The normalized spacial score (nSPS) is 15.8. The molecule has 0 N–H and O–H groups in total. The van der Waals surface area contributed by atoms with Crippen LogP contribution in [0, 0.1) is 5.82 Å². The number of ether oxygens (including phenoxy) is 1. The van der Waals surface area contributed by atoms with Crippen LogP contribution in [0.5, 0.6) is 0 Å². The number of Topliss-reactive ketones (excluding diaryl/α,β-unsaturated/α-hetero) is 1. The Bertz CT molecular complexity index is 688. The van der Waals surface area contributed by atoms with Crippen LogP contribution in [-0.2, 0) is 4.74 Å². The van der Waals surface area contributed by atoms with Crippen LogP contribution < -0.4 is 5.01 Å². The maximum atomic E-state index is 14.2. The Hall–Kier alpha value is -1.51. The minimum Gasteiger partial charge on any atom is -0.362 e. The monoisotopic (exact) mass is 397 g/mol. The van der Waals surface area contributed by atoms with Gasteiger partial charge >= 0.3 is 6.55 Å². The number of carbonyl (C=O) groups is 1. The molecule has 0 fully saturated rings. The highest BCUT2D eigenvalue weighted by molar-refractivity contribution is 6.34. The van der Waals surface area contributed by atoms with Crippen molar-refractivity contribution in [2.24, 2.45) is 5.10 Å². The Morgan fingerprint density at radius 3 is 2.68 bits per heavy atom. The number of amidine groups is 1. The number of rotatable bonds is 7. The van der Waals surface area contributed by atoms with Crippen LogP contribution in [0.1, 0.15) is 30.6 Å². The van der Waals surface area contributed by atoms with E-state index in [0.29, 0.717) is 11.5 Å². The highest BCUT2D eigenvalue weighted by Gasteiger charge is 2.29. The number of benzene rings is 1. The van der Waals surface area contributed by atoms with Gasteiger partial charge in [-0.2, -0.15) is 13.9 Å². The van der Waals surface area contributed by atoms with Gasteiger partial charge in [0.25, 0.3) is 0 Å². The summed E-state index contributed by atoms with van der Waals surface area (Å²) in [6.45, 7) is 0.327. The van der Waals surface area contributed by atoms with Crippen molar-refractivity contribution >= 4 is 40.5 Å². The van der Waals surface area contributed by atoms with Gasteiger partial charge in [0.05, 0.1) is 17.1 Å². The molecule has 1 unspecified atom stereocenters. The summed E-state index contributed by atoms with van der Waals surface area (Å²) in [7, 11) is 0. The molecule has 5 nitrogen and oxygen atoms in total. The second-order valence-electron chi connectivity index (χ2n) is 5.21. The quantitative estimate of drug-likeness (QED) is 0.391. The molecule has 25 heavy (non-hydrogen) atoms. The molecule has 2 rings (SSSR count). The number of alkyl halides is 3. The zero-order chi connectivity index (χ0) is 18.7. The molecule has 1 aromatic rings. The summed E-state index contributed by atoms with van der Waals surface area (Å²) in [6.07, 6.45) is -0.161. The smallest absolute Gasteiger partial charge is 0.317 e. The zero-order valence-electron chi connectivity index (χ0n) is 13.5. The molecule has 1 aliphatic heterocycles. The van der Waals surface area contributed by atoms with E-state index >= 15 is 0 Å². The van der Waals surface area contributed by atoms with Crippen molar-refractivity contribution in [2.45, 2.75) is 32.4 Å². The fraction of sp³-hybridized carbons (Fsp3) is 0.467. The fourth-order valence-corrected chi connectivity index (χ4v) is 2.81. The summed E-state index contributed by atoms with van der Waals surface area (Å²) < 4.78 is 45.1. The van der Waals surface area contributed by atoms with Gasteiger partial charge in [-0.15, -0.1) is 0 Å². The van der Waals surface area contributed by atoms with Crippen molar-refractivity contribution in [3.8, 4) is 0 Å². The number of ketones is 1. The van der Waals surface area contributed by atoms with Gasteiger partial charge in [-0.05, 0) is 26.0 Å². The van der Waals surface area contributed by atoms with Crippen molar-refractivity contribution in [2.75, 3.05) is 18.3 Å². The van der Waals surface area contributed by atoms with E-state index in [1.807, 2.05) is 0 Å². The van der Waals surface area contributed by atoms with Gasteiger partial charge in [-0.25, -0.2) is 9.40 Å². The van der Waals surface area contributed by atoms with Crippen LogP contribution in [-0.4, -0.2) is 41.9 Å². The first-order valence-corrected chi connectivity index (χ1v) is 8.21. The van der Waals surface area contributed by atoms with Gasteiger partial charge in [0.15, 0.2) is 5.78 Å². The van der Waals surface area contributed by atoms with Crippen LogP contribution in [0.15, 0.2) is 17.2 Å². The molecule has 1 aliphatic rings. The molecule has 138 valence electrons. The molecule has 10 heteroatoms. The molecule has 0 saturated heterocycles. The number of hydrogen-bond acceptors (Lipinski definition) is 5. The molecular formula is C15H16Cl2F3N3O2. The number of anilines is 1. The van der Waals surface area contributed by atoms with Gasteiger partial charge in [0.2, 0.25) is 0 Å². The van der Waals surface area contributed by atoms with E-state index in [4.69, 9.17) is 27.9 Å². The third-order valence-electron chi connectivity index (χ3n) is 3.51. The largest absolute Gasteiger partial charge is 0.362 e. The van der Waals surface area contributed by atoms with Crippen molar-refractivity contribution < 1.29 is 22.7 Å². The van der Waals surface area contributed by atoms with E-state index in [9.17, 15) is 18.0 Å². The van der Waals surface area contributed by atoms with Crippen LogP contribution in [0.25, 0.3) is 0 Å². The summed E-state index contributed by atoms with van der Waals surface area (Å²) >= 11 is 11.8.